The van der Waals surface area contributed by atoms with E-state index in [4.69, 9.17) is 0 Å². The average molecular weight is 223 g/mol. The van der Waals surface area contributed by atoms with E-state index >= 15 is 0 Å². The monoisotopic (exact) mass is 223 g/mol. The molecule has 1 aromatic carbocycles. The molecule has 1 heterocycles. The van der Waals surface area contributed by atoms with Crippen molar-refractivity contribution < 1.29 is 4.58 Å². The molecule has 17 heavy (non-hydrogen) atoms. The van der Waals surface area contributed by atoms with E-state index in [2.05, 4.69) is 69.2 Å². The molecular formula is C16H17N+2. The molecule has 0 fully saturated rings. The van der Waals surface area contributed by atoms with Crippen molar-refractivity contribution in [1.29, 1.82) is 0 Å². The van der Waals surface area contributed by atoms with E-state index < -0.39 is 0 Å². The highest BCUT2D eigenvalue weighted by Crippen LogP contribution is 2.50. The molecule has 0 radical (unpaired) electrons. The zero-order valence-electron chi connectivity index (χ0n) is 10.6. The summed E-state index contributed by atoms with van der Waals surface area (Å²) in [5.74, 6) is 0. The molecule has 1 aromatic rings. The van der Waals surface area contributed by atoms with Gasteiger partial charge in [-0.05, 0) is 20.8 Å². The lowest BCUT2D eigenvalue weighted by molar-refractivity contribution is -0.412. The van der Waals surface area contributed by atoms with Gasteiger partial charge in [-0.3, -0.25) is 0 Å². The fourth-order valence-electron chi connectivity index (χ4n) is 2.84. The number of hydrogen-bond donors (Lipinski definition) is 0. The van der Waals surface area contributed by atoms with E-state index in [0.717, 1.165) is 0 Å². The van der Waals surface area contributed by atoms with Gasteiger partial charge in [0.05, 0.1) is 29.7 Å². The molecule has 1 heteroatoms. The van der Waals surface area contributed by atoms with Crippen LogP contribution >= 0.6 is 0 Å². The standard InChI is InChI=1S/C16H17N/c1-11-16(2,3)15-13-8-6-5-7-12(13)9-10-14(15)17(11)4/h5-10H,4H2,1-3H3/q+2. The Hall–Kier alpha value is -1.76. The molecule has 0 saturated carbocycles. The number of nitrogens with zero attached hydrogens (tertiary/aromatic N) is 1. The number of fused-ring (bicyclic) bond motifs is 3. The minimum atomic E-state index is 0.0674. The van der Waals surface area contributed by atoms with Gasteiger partial charge in [0, 0.05) is 12.8 Å². The SMILES string of the molecule is C=[N+]1c2ccc3c(c2C(C)(C)[C-]1C)[CH+]C=C[CH+]3. The summed E-state index contributed by atoms with van der Waals surface area (Å²) in [5, 5.41) is 0. The van der Waals surface area contributed by atoms with Gasteiger partial charge < -0.3 is 4.58 Å². The highest BCUT2D eigenvalue weighted by molar-refractivity contribution is 5.65. The van der Waals surface area contributed by atoms with Crippen molar-refractivity contribution in [2.24, 2.45) is 0 Å². The zero-order valence-corrected chi connectivity index (χ0v) is 10.6. The van der Waals surface area contributed by atoms with E-state index in [0.29, 0.717) is 0 Å². The van der Waals surface area contributed by atoms with Crippen molar-refractivity contribution >= 4 is 12.4 Å². The molecule has 0 spiro atoms. The van der Waals surface area contributed by atoms with Crippen LogP contribution in [0.3, 0.4) is 0 Å². The predicted molar refractivity (Wildman–Crippen MR) is 71.4 cm³/mol. The average Bonchev–Trinajstić information content (AvgIpc) is 2.51. The largest absolute Gasteiger partial charge is 0.323 e. The van der Waals surface area contributed by atoms with Crippen LogP contribution in [0.15, 0.2) is 24.3 Å². The van der Waals surface area contributed by atoms with E-state index in [1.165, 1.54) is 28.4 Å². The summed E-state index contributed by atoms with van der Waals surface area (Å²) in [6.07, 6.45) is 8.59. The normalized spacial score (nSPS) is 19.5. The van der Waals surface area contributed by atoms with Crippen LogP contribution in [-0.2, 0) is 5.41 Å². The van der Waals surface area contributed by atoms with Gasteiger partial charge >= 0.3 is 0 Å². The first-order valence-electron chi connectivity index (χ1n) is 6.00. The molecule has 1 aliphatic carbocycles. The van der Waals surface area contributed by atoms with Gasteiger partial charge in [0.15, 0.2) is 16.8 Å². The molecular weight excluding hydrogens is 206 g/mol. The van der Waals surface area contributed by atoms with Crippen molar-refractivity contribution in [1.82, 2.24) is 0 Å². The van der Waals surface area contributed by atoms with Crippen LogP contribution in [0.5, 0.6) is 0 Å². The summed E-state index contributed by atoms with van der Waals surface area (Å²) in [4.78, 5) is 0. The van der Waals surface area contributed by atoms with Crippen LogP contribution in [-0.4, -0.2) is 11.3 Å². The van der Waals surface area contributed by atoms with E-state index in [1.54, 1.807) is 0 Å². The molecule has 1 aliphatic heterocycles. The molecule has 0 atom stereocenters. The molecule has 3 rings (SSSR count). The third kappa shape index (κ3) is 1.20. The van der Waals surface area contributed by atoms with E-state index in [1.807, 2.05) is 0 Å². The Morgan fingerprint density at radius 2 is 1.94 bits per heavy atom. The molecule has 1 nitrogen and oxygen atoms in total. The van der Waals surface area contributed by atoms with Crippen molar-refractivity contribution in [2.75, 3.05) is 0 Å². The van der Waals surface area contributed by atoms with Gasteiger partial charge in [-0.1, -0.05) is 0 Å². The zero-order chi connectivity index (χ0) is 12.2. The van der Waals surface area contributed by atoms with Crippen LogP contribution in [0.25, 0.3) is 0 Å². The minimum absolute atomic E-state index is 0.0674. The maximum atomic E-state index is 4.16. The number of hydrogen-bond acceptors (Lipinski definition) is 0. The summed E-state index contributed by atoms with van der Waals surface area (Å²) in [5.41, 5.74) is 5.37. The third-order valence-electron chi connectivity index (χ3n) is 4.13. The lowest BCUT2D eigenvalue weighted by Gasteiger charge is -2.21. The first-order valence-corrected chi connectivity index (χ1v) is 6.00. The smallest absolute Gasteiger partial charge is 0.189 e. The first-order chi connectivity index (χ1) is 8.03. The summed E-state index contributed by atoms with van der Waals surface area (Å²) in [7, 11) is 0. The van der Waals surface area contributed by atoms with Crippen molar-refractivity contribution in [3.8, 4) is 0 Å². The quantitative estimate of drug-likeness (QED) is 0.467. The van der Waals surface area contributed by atoms with Gasteiger partial charge in [-0.25, -0.2) is 0 Å². The third-order valence-corrected chi connectivity index (χ3v) is 4.13. The summed E-state index contributed by atoms with van der Waals surface area (Å²) in [6.45, 7) is 10.9. The van der Waals surface area contributed by atoms with Crippen LogP contribution in [0.2, 0.25) is 0 Å². The summed E-state index contributed by atoms with van der Waals surface area (Å²) in [6, 6.07) is 5.67. The second kappa shape index (κ2) is 3.13. The highest BCUT2D eigenvalue weighted by atomic mass is 15.1. The van der Waals surface area contributed by atoms with Crippen LogP contribution in [0, 0.1) is 18.9 Å². The minimum Gasteiger partial charge on any atom is -0.323 e. The second-order valence-electron chi connectivity index (χ2n) is 5.32. The second-order valence-corrected chi connectivity index (χ2v) is 5.32. The van der Waals surface area contributed by atoms with Gasteiger partial charge in [0.2, 0.25) is 0 Å². The number of benzene rings is 1. The van der Waals surface area contributed by atoms with Crippen LogP contribution < -0.4 is 0 Å². The Bertz CT molecular complexity index is 535. The Balaban J connectivity index is 2.30. The first kappa shape index (κ1) is 10.4. The molecule has 0 amide bonds. The Labute approximate surface area is 103 Å². The molecule has 2 aliphatic rings. The number of allylic oxidation sites excluding steroid dienone is 2. The summed E-state index contributed by atoms with van der Waals surface area (Å²) < 4.78 is 2.07. The molecule has 0 saturated heterocycles. The summed E-state index contributed by atoms with van der Waals surface area (Å²) >= 11 is 0. The Morgan fingerprint density at radius 1 is 1.24 bits per heavy atom. The fraction of sp³-hybridized carbons (Fsp3) is 0.250. The molecule has 0 N–H and O–H groups in total. The maximum Gasteiger partial charge on any atom is 0.189 e. The van der Waals surface area contributed by atoms with Gasteiger partial charge in [-0.15, -0.1) is 0 Å². The molecule has 0 aromatic heterocycles. The van der Waals surface area contributed by atoms with Crippen molar-refractivity contribution in [3.05, 3.63) is 59.9 Å². The topological polar surface area (TPSA) is 3.01 Å². The van der Waals surface area contributed by atoms with E-state index in [-0.39, 0.29) is 5.41 Å². The fourth-order valence-corrected chi connectivity index (χ4v) is 2.84. The lowest BCUT2D eigenvalue weighted by Crippen LogP contribution is -2.24. The maximum absolute atomic E-state index is 4.16. The van der Waals surface area contributed by atoms with Crippen LogP contribution in [0.1, 0.15) is 37.5 Å². The molecule has 84 valence electrons. The molecule has 0 bridgehead atoms. The molecule has 0 unspecified atom stereocenters. The number of rotatable bonds is 0. The van der Waals surface area contributed by atoms with Crippen molar-refractivity contribution in [2.45, 2.75) is 26.2 Å². The Kier molecular flexibility index (Phi) is 1.91. The van der Waals surface area contributed by atoms with Gasteiger partial charge in [0.1, 0.15) is 18.4 Å². The highest BCUT2D eigenvalue weighted by Gasteiger charge is 2.48. The van der Waals surface area contributed by atoms with Crippen molar-refractivity contribution in [3.63, 3.8) is 0 Å². The van der Waals surface area contributed by atoms with Crippen LogP contribution in [0.4, 0.5) is 5.69 Å². The predicted octanol–water partition coefficient (Wildman–Crippen LogP) is 3.55. The van der Waals surface area contributed by atoms with Gasteiger partial charge in [-0.2, -0.15) is 0 Å². The van der Waals surface area contributed by atoms with E-state index in [9.17, 15) is 0 Å². The lowest BCUT2D eigenvalue weighted by atomic mass is 9.76. The Morgan fingerprint density at radius 3 is 2.71 bits per heavy atom. The van der Waals surface area contributed by atoms with Gasteiger partial charge in [0.25, 0.3) is 0 Å².